The maximum absolute atomic E-state index is 13.0. The predicted molar refractivity (Wildman–Crippen MR) is 74.0 cm³/mol. The molecule has 21 heavy (non-hydrogen) atoms. The van der Waals surface area contributed by atoms with E-state index in [-0.39, 0.29) is 11.1 Å². The number of halogens is 4. The van der Waals surface area contributed by atoms with E-state index in [2.05, 4.69) is 20.9 Å². The lowest BCUT2D eigenvalue weighted by Gasteiger charge is -2.19. The lowest BCUT2D eigenvalue weighted by Crippen LogP contribution is -2.13. The number of hydrogen-bond acceptors (Lipinski definition) is 3. The molecule has 2 aromatic rings. The third-order valence-electron chi connectivity index (χ3n) is 2.94. The Bertz CT molecular complexity index is 646. The number of alkyl halides is 3. The molecule has 1 aromatic carbocycles. The van der Waals surface area contributed by atoms with E-state index in [0.29, 0.717) is 10.2 Å². The van der Waals surface area contributed by atoms with Gasteiger partial charge in [-0.3, -0.25) is 4.98 Å². The third kappa shape index (κ3) is 3.36. The molecule has 0 bridgehead atoms. The SMILES string of the molecule is COc1ccc(Br)cc1C(O)c1cnccc1C(F)(F)F. The first kappa shape index (κ1) is 15.8. The van der Waals surface area contributed by atoms with E-state index in [1.807, 2.05) is 0 Å². The first-order chi connectivity index (χ1) is 9.84. The van der Waals surface area contributed by atoms with E-state index in [4.69, 9.17) is 4.74 Å². The molecule has 1 unspecified atom stereocenters. The fourth-order valence-electron chi connectivity index (χ4n) is 1.97. The zero-order valence-electron chi connectivity index (χ0n) is 10.9. The highest BCUT2D eigenvalue weighted by molar-refractivity contribution is 9.10. The second-order valence-electron chi connectivity index (χ2n) is 4.25. The van der Waals surface area contributed by atoms with Gasteiger partial charge in [0.1, 0.15) is 11.9 Å². The summed E-state index contributed by atoms with van der Waals surface area (Å²) in [5.74, 6) is 0.294. The van der Waals surface area contributed by atoms with Crippen LogP contribution in [-0.4, -0.2) is 17.2 Å². The lowest BCUT2D eigenvalue weighted by molar-refractivity contribution is -0.139. The van der Waals surface area contributed by atoms with Crippen LogP contribution in [-0.2, 0) is 6.18 Å². The average molecular weight is 362 g/mol. The Kier molecular flexibility index (Phi) is 4.53. The number of ether oxygens (including phenoxy) is 1. The lowest BCUT2D eigenvalue weighted by atomic mass is 9.98. The number of hydrogen-bond donors (Lipinski definition) is 1. The van der Waals surface area contributed by atoms with Crippen molar-refractivity contribution >= 4 is 15.9 Å². The van der Waals surface area contributed by atoms with Gasteiger partial charge < -0.3 is 9.84 Å². The van der Waals surface area contributed by atoms with Gasteiger partial charge in [0.25, 0.3) is 0 Å². The number of aromatic nitrogens is 1. The van der Waals surface area contributed by atoms with Crippen molar-refractivity contribution in [1.29, 1.82) is 0 Å². The van der Waals surface area contributed by atoms with E-state index < -0.39 is 17.8 Å². The van der Waals surface area contributed by atoms with Crippen molar-refractivity contribution in [2.24, 2.45) is 0 Å². The second kappa shape index (κ2) is 6.03. The Morgan fingerprint density at radius 1 is 1.24 bits per heavy atom. The Labute approximate surface area is 127 Å². The summed E-state index contributed by atoms with van der Waals surface area (Å²) in [4.78, 5) is 3.67. The van der Waals surface area contributed by atoms with Gasteiger partial charge in [0.05, 0.1) is 12.7 Å². The van der Waals surface area contributed by atoms with E-state index in [0.717, 1.165) is 18.5 Å². The van der Waals surface area contributed by atoms with Crippen LogP contribution in [0.15, 0.2) is 41.1 Å². The molecule has 1 N–H and O–H groups in total. The highest BCUT2D eigenvalue weighted by atomic mass is 79.9. The van der Waals surface area contributed by atoms with Gasteiger partial charge in [0, 0.05) is 28.0 Å². The van der Waals surface area contributed by atoms with Gasteiger partial charge in [-0.25, -0.2) is 0 Å². The Hall–Kier alpha value is -1.60. The van der Waals surface area contributed by atoms with Gasteiger partial charge in [-0.05, 0) is 24.3 Å². The van der Waals surface area contributed by atoms with Gasteiger partial charge >= 0.3 is 6.18 Å². The van der Waals surface area contributed by atoms with Gasteiger partial charge in [-0.2, -0.15) is 13.2 Å². The summed E-state index contributed by atoms with van der Waals surface area (Å²) in [7, 11) is 1.38. The molecule has 0 aliphatic rings. The fourth-order valence-corrected chi connectivity index (χ4v) is 2.35. The highest BCUT2D eigenvalue weighted by Gasteiger charge is 2.35. The smallest absolute Gasteiger partial charge is 0.416 e. The van der Waals surface area contributed by atoms with Crippen molar-refractivity contribution in [2.45, 2.75) is 12.3 Å². The fraction of sp³-hybridized carbons (Fsp3) is 0.214. The highest BCUT2D eigenvalue weighted by Crippen LogP contribution is 2.38. The van der Waals surface area contributed by atoms with Crippen LogP contribution in [0.25, 0.3) is 0 Å². The van der Waals surface area contributed by atoms with Gasteiger partial charge in [-0.15, -0.1) is 0 Å². The molecule has 0 aliphatic heterocycles. The molecule has 2 rings (SSSR count). The summed E-state index contributed by atoms with van der Waals surface area (Å²) in [5, 5.41) is 10.3. The first-order valence-electron chi connectivity index (χ1n) is 5.87. The minimum atomic E-state index is -4.57. The molecule has 0 radical (unpaired) electrons. The molecule has 112 valence electrons. The normalized spacial score (nSPS) is 13.0. The number of nitrogens with zero attached hydrogens (tertiary/aromatic N) is 1. The summed E-state index contributed by atoms with van der Waals surface area (Å²) in [6.45, 7) is 0. The first-order valence-corrected chi connectivity index (χ1v) is 6.66. The summed E-state index contributed by atoms with van der Waals surface area (Å²) < 4.78 is 44.7. The summed E-state index contributed by atoms with van der Waals surface area (Å²) >= 11 is 3.22. The minimum Gasteiger partial charge on any atom is -0.496 e. The summed E-state index contributed by atoms with van der Waals surface area (Å²) in [6, 6.07) is 5.58. The number of methoxy groups -OCH3 is 1. The van der Waals surface area contributed by atoms with Gasteiger partial charge in [0.15, 0.2) is 0 Å². The average Bonchev–Trinajstić information content (AvgIpc) is 2.45. The van der Waals surface area contributed by atoms with Crippen molar-refractivity contribution in [3.8, 4) is 5.75 Å². The molecular weight excluding hydrogens is 351 g/mol. The second-order valence-corrected chi connectivity index (χ2v) is 5.17. The van der Waals surface area contributed by atoms with Crippen LogP contribution < -0.4 is 4.74 Å². The molecule has 0 spiro atoms. The zero-order valence-corrected chi connectivity index (χ0v) is 12.4. The maximum Gasteiger partial charge on any atom is 0.416 e. The molecule has 0 amide bonds. The molecule has 1 aromatic heterocycles. The molecule has 0 fully saturated rings. The van der Waals surface area contributed by atoms with Crippen LogP contribution in [0.2, 0.25) is 0 Å². The maximum atomic E-state index is 13.0. The van der Waals surface area contributed by atoms with Crippen LogP contribution in [0.5, 0.6) is 5.75 Å². The van der Waals surface area contributed by atoms with Gasteiger partial charge in [0.2, 0.25) is 0 Å². The standard InChI is InChI=1S/C14H11BrF3NO2/c1-21-12-3-2-8(15)6-9(12)13(20)10-7-19-5-4-11(10)14(16,17)18/h2-7,13,20H,1H3. The van der Waals surface area contributed by atoms with Crippen molar-refractivity contribution in [3.05, 3.63) is 57.8 Å². The summed E-state index contributed by atoms with van der Waals surface area (Å²) in [5.41, 5.74) is -1.01. The molecule has 0 saturated heterocycles. The van der Waals surface area contributed by atoms with E-state index >= 15 is 0 Å². The molecule has 0 saturated carbocycles. The molecular formula is C14H11BrF3NO2. The monoisotopic (exact) mass is 361 g/mol. The number of aliphatic hydroxyl groups excluding tert-OH is 1. The number of benzene rings is 1. The predicted octanol–water partition coefficient (Wildman–Crippen LogP) is 3.95. The van der Waals surface area contributed by atoms with Crippen LogP contribution in [0, 0.1) is 0 Å². The zero-order chi connectivity index (χ0) is 15.6. The minimum absolute atomic E-state index is 0.227. The van der Waals surface area contributed by atoms with Crippen molar-refractivity contribution in [2.75, 3.05) is 7.11 Å². The number of pyridine rings is 1. The quantitative estimate of drug-likeness (QED) is 0.899. The Balaban J connectivity index is 2.56. The van der Waals surface area contributed by atoms with Gasteiger partial charge in [-0.1, -0.05) is 15.9 Å². The third-order valence-corrected chi connectivity index (χ3v) is 3.43. The Morgan fingerprint density at radius 3 is 2.57 bits per heavy atom. The summed E-state index contributed by atoms with van der Waals surface area (Å²) in [6.07, 6.45) is -4.02. The number of rotatable bonds is 3. The van der Waals surface area contributed by atoms with E-state index in [9.17, 15) is 18.3 Å². The van der Waals surface area contributed by atoms with E-state index in [1.54, 1.807) is 12.1 Å². The van der Waals surface area contributed by atoms with Crippen LogP contribution in [0.3, 0.4) is 0 Å². The van der Waals surface area contributed by atoms with Crippen LogP contribution in [0.1, 0.15) is 22.8 Å². The topological polar surface area (TPSA) is 42.4 Å². The molecule has 1 heterocycles. The van der Waals surface area contributed by atoms with Crippen LogP contribution >= 0.6 is 15.9 Å². The number of aliphatic hydroxyl groups is 1. The molecule has 1 atom stereocenters. The van der Waals surface area contributed by atoms with E-state index in [1.165, 1.54) is 13.2 Å². The van der Waals surface area contributed by atoms with Crippen molar-refractivity contribution in [3.63, 3.8) is 0 Å². The molecule has 7 heteroatoms. The Morgan fingerprint density at radius 2 is 1.95 bits per heavy atom. The van der Waals surface area contributed by atoms with Crippen molar-refractivity contribution in [1.82, 2.24) is 4.98 Å². The molecule has 3 nitrogen and oxygen atoms in total. The van der Waals surface area contributed by atoms with Crippen LogP contribution in [0.4, 0.5) is 13.2 Å². The largest absolute Gasteiger partial charge is 0.496 e. The molecule has 0 aliphatic carbocycles. The van der Waals surface area contributed by atoms with Crippen molar-refractivity contribution < 1.29 is 23.0 Å².